The third-order valence-corrected chi connectivity index (χ3v) is 5.54. The topological polar surface area (TPSA) is 97.3 Å². The summed E-state index contributed by atoms with van der Waals surface area (Å²) < 4.78 is 10.8. The molecule has 1 aliphatic heterocycles. The SMILES string of the molecule is O=c1ccc2cc(NN3C(c4ccccc4)=NOC3c3cc4ccccc4oc3=O)ccc2o1. The van der Waals surface area contributed by atoms with Gasteiger partial charge in [0, 0.05) is 22.4 Å². The average molecular weight is 451 g/mol. The van der Waals surface area contributed by atoms with Gasteiger partial charge in [-0.05, 0) is 36.4 Å². The van der Waals surface area contributed by atoms with E-state index in [1.54, 1.807) is 35.3 Å². The van der Waals surface area contributed by atoms with E-state index in [-0.39, 0.29) is 0 Å². The van der Waals surface area contributed by atoms with Crippen molar-refractivity contribution in [3.63, 3.8) is 0 Å². The molecule has 1 aliphatic rings. The maximum Gasteiger partial charge on any atom is 0.345 e. The molecule has 0 bridgehead atoms. The quantitative estimate of drug-likeness (QED) is 0.398. The van der Waals surface area contributed by atoms with Crippen LogP contribution in [0.3, 0.4) is 0 Å². The Labute approximate surface area is 192 Å². The van der Waals surface area contributed by atoms with E-state index in [4.69, 9.17) is 13.7 Å². The lowest BCUT2D eigenvalue weighted by atomic mass is 10.1. The molecule has 166 valence electrons. The Morgan fingerprint density at radius 1 is 0.765 bits per heavy atom. The second-order valence-electron chi connectivity index (χ2n) is 7.75. The minimum atomic E-state index is -0.875. The van der Waals surface area contributed by atoms with Gasteiger partial charge in [-0.25, -0.2) is 14.6 Å². The highest BCUT2D eigenvalue weighted by Crippen LogP contribution is 2.31. The molecule has 0 spiro atoms. The summed E-state index contributed by atoms with van der Waals surface area (Å²) in [5.41, 5.74) is 5.12. The fourth-order valence-corrected chi connectivity index (χ4v) is 3.92. The molecule has 1 unspecified atom stereocenters. The molecule has 6 rings (SSSR count). The van der Waals surface area contributed by atoms with E-state index in [0.717, 1.165) is 16.3 Å². The summed E-state index contributed by atoms with van der Waals surface area (Å²) in [6.07, 6.45) is -0.875. The van der Waals surface area contributed by atoms with Crippen LogP contribution in [0.25, 0.3) is 21.9 Å². The molecule has 0 fully saturated rings. The Hall–Kier alpha value is -4.85. The first-order valence-corrected chi connectivity index (χ1v) is 10.6. The zero-order valence-electron chi connectivity index (χ0n) is 17.7. The van der Waals surface area contributed by atoms with Crippen molar-refractivity contribution < 1.29 is 13.7 Å². The number of hydrogen-bond acceptors (Lipinski definition) is 8. The van der Waals surface area contributed by atoms with Gasteiger partial charge in [0.1, 0.15) is 16.7 Å². The summed E-state index contributed by atoms with van der Waals surface area (Å²) in [6.45, 7) is 0. The molecule has 0 saturated heterocycles. The fraction of sp³-hybridized carbons (Fsp3) is 0.0385. The predicted octanol–water partition coefficient (Wildman–Crippen LogP) is 4.62. The van der Waals surface area contributed by atoms with Crippen LogP contribution in [-0.4, -0.2) is 10.8 Å². The first-order chi connectivity index (χ1) is 16.7. The molecular weight excluding hydrogens is 434 g/mol. The summed E-state index contributed by atoms with van der Waals surface area (Å²) in [7, 11) is 0. The Morgan fingerprint density at radius 3 is 2.41 bits per heavy atom. The van der Waals surface area contributed by atoms with Crippen LogP contribution in [0.5, 0.6) is 0 Å². The molecule has 8 heteroatoms. The third-order valence-electron chi connectivity index (χ3n) is 5.54. The zero-order chi connectivity index (χ0) is 23.1. The zero-order valence-corrected chi connectivity index (χ0v) is 17.7. The molecule has 3 heterocycles. The summed E-state index contributed by atoms with van der Waals surface area (Å²) in [4.78, 5) is 30.1. The standard InChI is InChI=1S/C26H17N3O5/c30-23-13-10-18-14-19(11-12-22(18)32-23)27-29-24(16-6-2-1-3-7-16)28-34-25(29)20-15-17-8-4-5-9-21(17)33-26(20)31/h1-15,25,27H. The van der Waals surface area contributed by atoms with E-state index in [1.807, 2.05) is 54.6 Å². The Morgan fingerprint density at radius 2 is 1.53 bits per heavy atom. The highest BCUT2D eigenvalue weighted by molar-refractivity contribution is 6.00. The van der Waals surface area contributed by atoms with E-state index in [0.29, 0.717) is 28.3 Å². The molecule has 5 aromatic rings. The minimum Gasteiger partial charge on any atom is -0.423 e. The summed E-state index contributed by atoms with van der Waals surface area (Å²) in [5, 5.41) is 7.47. The maximum atomic E-state index is 12.9. The van der Waals surface area contributed by atoms with Crippen molar-refractivity contribution in [2.24, 2.45) is 5.16 Å². The number of benzene rings is 3. The van der Waals surface area contributed by atoms with Crippen LogP contribution in [0.4, 0.5) is 5.69 Å². The van der Waals surface area contributed by atoms with Crippen molar-refractivity contribution in [3.8, 4) is 0 Å². The highest BCUT2D eigenvalue weighted by Gasteiger charge is 2.35. The highest BCUT2D eigenvalue weighted by atomic mass is 16.7. The van der Waals surface area contributed by atoms with Gasteiger partial charge in [0.15, 0.2) is 5.84 Å². The Kier molecular flexibility index (Phi) is 4.62. The number of anilines is 1. The van der Waals surface area contributed by atoms with E-state index in [9.17, 15) is 9.59 Å². The number of hydrazine groups is 1. The molecule has 1 atom stereocenters. The number of nitrogens with zero attached hydrogens (tertiary/aromatic N) is 2. The van der Waals surface area contributed by atoms with Crippen molar-refractivity contribution in [2.45, 2.75) is 6.23 Å². The van der Waals surface area contributed by atoms with Crippen LogP contribution in [0, 0.1) is 0 Å². The molecule has 0 radical (unpaired) electrons. The Bertz CT molecular complexity index is 1670. The molecule has 8 nitrogen and oxygen atoms in total. The maximum absolute atomic E-state index is 12.9. The lowest BCUT2D eigenvalue weighted by Gasteiger charge is -2.26. The normalized spacial score (nSPS) is 15.4. The van der Waals surface area contributed by atoms with E-state index in [1.165, 1.54) is 6.07 Å². The molecule has 34 heavy (non-hydrogen) atoms. The van der Waals surface area contributed by atoms with Crippen molar-refractivity contribution >= 4 is 33.5 Å². The summed E-state index contributed by atoms with van der Waals surface area (Å²) in [5.74, 6) is 0.498. The van der Waals surface area contributed by atoms with E-state index >= 15 is 0 Å². The summed E-state index contributed by atoms with van der Waals surface area (Å²) >= 11 is 0. The van der Waals surface area contributed by atoms with Gasteiger partial charge in [0.05, 0.1) is 5.69 Å². The number of hydrogen-bond donors (Lipinski definition) is 1. The number of rotatable bonds is 4. The number of amidine groups is 1. The van der Waals surface area contributed by atoms with Crippen LogP contribution in [0.1, 0.15) is 17.4 Å². The first kappa shape index (κ1) is 19.8. The van der Waals surface area contributed by atoms with Crippen molar-refractivity contribution in [1.29, 1.82) is 0 Å². The second-order valence-corrected chi connectivity index (χ2v) is 7.75. The molecule has 2 aromatic heterocycles. The second kappa shape index (κ2) is 7.93. The molecule has 0 amide bonds. The van der Waals surface area contributed by atoms with Gasteiger partial charge in [0.25, 0.3) is 6.23 Å². The first-order valence-electron chi connectivity index (χ1n) is 10.6. The van der Waals surface area contributed by atoms with Crippen molar-refractivity contribution in [1.82, 2.24) is 5.01 Å². The van der Waals surface area contributed by atoms with Gasteiger partial charge in [-0.2, -0.15) is 0 Å². The van der Waals surface area contributed by atoms with Crippen LogP contribution >= 0.6 is 0 Å². The number of nitrogens with one attached hydrogen (secondary N) is 1. The van der Waals surface area contributed by atoms with Gasteiger partial charge in [-0.3, -0.25) is 5.43 Å². The van der Waals surface area contributed by atoms with E-state index < -0.39 is 17.5 Å². The van der Waals surface area contributed by atoms with Gasteiger partial charge in [0.2, 0.25) is 0 Å². The van der Waals surface area contributed by atoms with Crippen molar-refractivity contribution in [2.75, 3.05) is 5.43 Å². The number of oxime groups is 1. The average Bonchev–Trinajstić information content (AvgIpc) is 3.27. The molecule has 0 saturated carbocycles. The number of fused-ring (bicyclic) bond motifs is 2. The van der Waals surface area contributed by atoms with Gasteiger partial charge in [-0.15, -0.1) is 0 Å². The van der Waals surface area contributed by atoms with Gasteiger partial charge in [-0.1, -0.05) is 53.7 Å². The fourth-order valence-electron chi connectivity index (χ4n) is 3.92. The minimum absolute atomic E-state index is 0.299. The summed E-state index contributed by atoms with van der Waals surface area (Å²) in [6, 6.07) is 26.9. The monoisotopic (exact) mass is 451 g/mol. The molecular formula is C26H17N3O5. The predicted molar refractivity (Wildman–Crippen MR) is 127 cm³/mol. The third kappa shape index (κ3) is 3.47. The number of para-hydroxylation sites is 1. The lowest BCUT2D eigenvalue weighted by molar-refractivity contribution is 0.0164. The van der Waals surface area contributed by atoms with Crippen LogP contribution < -0.4 is 16.7 Å². The van der Waals surface area contributed by atoms with Gasteiger partial charge < -0.3 is 13.7 Å². The molecule has 1 N–H and O–H groups in total. The Balaban J connectivity index is 1.44. The molecule has 0 aliphatic carbocycles. The van der Waals surface area contributed by atoms with Crippen LogP contribution in [0.2, 0.25) is 0 Å². The van der Waals surface area contributed by atoms with Gasteiger partial charge >= 0.3 is 11.3 Å². The van der Waals surface area contributed by atoms with Crippen molar-refractivity contribution in [3.05, 3.63) is 123 Å². The smallest absolute Gasteiger partial charge is 0.345 e. The van der Waals surface area contributed by atoms with Crippen LogP contribution in [-0.2, 0) is 4.84 Å². The molecule has 3 aromatic carbocycles. The van der Waals surface area contributed by atoms with Crippen LogP contribution in [0.15, 0.2) is 115 Å². The lowest BCUT2D eigenvalue weighted by Crippen LogP contribution is -2.38. The largest absolute Gasteiger partial charge is 0.423 e. The van der Waals surface area contributed by atoms with E-state index in [2.05, 4.69) is 10.6 Å².